The van der Waals surface area contributed by atoms with Crippen molar-refractivity contribution in [2.45, 2.75) is 13.1 Å². The molecule has 0 unspecified atom stereocenters. The lowest BCUT2D eigenvalue weighted by molar-refractivity contribution is 0.116. The van der Waals surface area contributed by atoms with Crippen molar-refractivity contribution in [3.05, 3.63) is 65.9 Å². The largest absolute Gasteiger partial charge is 0.508 e. The number of fused-ring (bicyclic) bond motifs is 1. The van der Waals surface area contributed by atoms with Gasteiger partial charge in [0, 0.05) is 38.1 Å². The molecule has 0 saturated carbocycles. The summed E-state index contributed by atoms with van der Waals surface area (Å²) in [6, 6.07) is 17.8. The summed E-state index contributed by atoms with van der Waals surface area (Å²) in [5.41, 5.74) is 2.22. The molecule has 0 aliphatic carbocycles. The molecule has 24 heavy (non-hydrogen) atoms. The zero-order valence-electron chi connectivity index (χ0n) is 13.7. The standard InChI is InChI=1S/C20H22N2O2/c23-18-7-5-16(6-8-18)14-21-9-11-22(12-10-21)15-19-13-17-3-1-2-4-20(17)24-19/h1-8,13,23H,9-12,14-15H2. The van der Waals surface area contributed by atoms with Crippen molar-refractivity contribution in [2.24, 2.45) is 0 Å². The first kappa shape index (κ1) is 15.2. The molecule has 1 fully saturated rings. The number of rotatable bonds is 4. The van der Waals surface area contributed by atoms with Gasteiger partial charge in [0.1, 0.15) is 17.1 Å². The molecule has 1 N–H and O–H groups in total. The molecule has 0 bridgehead atoms. The van der Waals surface area contributed by atoms with Gasteiger partial charge in [-0.1, -0.05) is 30.3 Å². The van der Waals surface area contributed by atoms with Crippen LogP contribution in [0.25, 0.3) is 11.0 Å². The van der Waals surface area contributed by atoms with Crippen LogP contribution in [-0.2, 0) is 13.1 Å². The van der Waals surface area contributed by atoms with Crippen molar-refractivity contribution in [1.82, 2.24) is 9.80 Å². The van der Waals surface area contributed by atoms with E-state index >= 15 is 0 Å². The molecule has 4 rings (SSSR count). The van der Waals surface area contributed by atoms with Crippen molar-refractivity contribution in [3.63, 3.8) is 0 Å². The van der Waals surface area contributed by atoms with Crippen LogP contribution >= 0.6 is 0 Å². The Balaban J connectivity index is 1.31. The van der Waals surface area contributed by atoms with E-state index in [-0.39, 0.29) is 0 Å². The number of phenolic OH excluding ortho intramolecular Hbond substituents is 1. The SMILES string of the molecule is Oc1ccc(CN2CCN(Cc3cc4ccccc4o3)CC2)cc1. The summed E-state index contributed by atoms with van der Waals surface area (Å²) in [7, 11) is 0. The van der Waals surface area contributed by atoms with E-state index in [9.17, 15) is 5.11 Å². The maximum atomic E-state index is 9.36. The van der Waals surface area contributed by atoms with Gasteiger partial charge in [0.15, 0.2) is 0 Å². The van der Waals surface area contributed by atoms with Gasteiger partial charge in [-0.05, 0) is 29.8 Å². The van der Waals surface area contributed by atoms with Gasteiger partial charge in [-0.2, -0.15) is 0 Å². The third-order valence-electron chi connectivity index (χ3n) is 4.66. The van der Waals surface area contributed by atoms with Crippen LogP contribution in [0.1, 0.15) is 11.3 Å². The summed E-state index contributed by atoms with van der Waals surface area (Å²) in [5, 5.41) is 10.5. The zero-order chi connectivity index (χ0) is 16.4. The lowest BCUT2D eigenvalue weighted by Gasteiger charge is -2.34. The van der Waals surface area contributed by atoms with Crippen molar-refractivity contribution < 1.29 is 9.52 Å². The van der Waals surface area contributed by atoms with Crippen molar-refractivity contribution in [2.75, 3.05) is 26.2 Å². The van der Waals surface area contributed by atoms with E-state index in [1.807, 2.05) is 30.3 Å². The molecule has 1 saturated heterocycles. The lowest BCUT2D eigenvalue weighted by Crippen LogP contribution is -2.45. The normalized spacial score (nSPS) is 16.7. The molecule has 124 valence electrons. The fourth-order valence-electron chi connectivity index (χ4n) is 3.30. The highest BCUT2D eigenvalue weighted by Gasteiger charge is 2.18. The van der Waals surface area contributed by atoms with Crippen molar-refractivity contribution >= 4 is 11.0 Å². The van der Waals surface area contributed by atoms with E-state index in [2.05, 4.69) is 21.9 Å². The highest BCUT2D eigenvalue weighted by atomic mass is 16.3. The van der Waals surface area contributed by atoms with Crippen LogP contribution in [0.5, 0.6) is 5.75 Å². The Hall–Kier alpha value is -2.30. The number of furan rings is 1. The van der Waals surface area contributed by atoms with Crippen LogP contribution in [-0.4, -0.2) is 41.1 Å². The number of piperazine rings is 1. The molecule has 0 spiro atoms. The second-order valence-corrected chi connectivity index (χ2v) is 6.47. The van der Waals surface area contributed by atoms with E-state index < -0.39 is 0 Å². The molecule has 1 aliphatic rings. The molecular formula is C20H22N2O2. The number of phenols is 1. The van der Waals surface area contributed by atoms with E-state index in [1.54, 1.807) is 12.1 Å². The summed E-state index contributed by atoms with van der Waals surface area (Å²) in [4.78, 5) is 4.91. The van der Waals surface area contributed by atoms with Gasteiger partial charge in [0.05, 0.1) is 6.54 Å². The number of benzene rings is 2. The Kier molecular flexibility index (Phi) is 4.24. The van der Waals surface area contributed by atoms with Gasteiger partial charge in [-0.15, -0.1) is 0 Å². The Morgan fingerprint density at radius 2 is 1.50 bits per heavy atom. The topological polar surface area (TPSA) is 39.9 Å². The number of para-hydroxylation sites is 1. The molecule has 0 amide bonds. The van der Waals surface area contributed by atoms with Gasteiger partial charge in [-0.3, -0.25) is 9.80 Å². The molecule has 0 atom stereocenters. The van der Waals surface area contributed by atoms with Crippen LogP contribution in [0.15, 0.2) is 59.0 Å². The van der Waals surface area contributed by atoms with E-state index in [1.165, 1.54) is 10.9 Å². The Morgan fingerprint density at radius 1 is 0.833 bits per heavy atom. The first-order valence-electron chi connectivity index (χ1n) is 8.46. The molecule has 1 aliphatic heterocycles. The Labute approximate surface area is 141 Å². The molecule has 3 aromatic rings. The monoisotopic (exact) mass is 322 g/mol. The van der Waals surface area contributed by atoms with Crippen LogP contribution in [0.4, 0.5) is 0 Å². The average molecular weight is 322 g/mol. The first-order chi connectivity index (χ1) is 11.8. The van der Waals surface area contributed by atoms with Gasteiger partial charge in [-0.25, -0.2) is 0 Å². The molecule has 1 aromatic heterocycles. The van der Waals surface area contributed by atoms with Gasteiger partial charge in [0.2, 0.25) is 0 Å². The van der Waals surface area contributed by atoms with Crippen LogP contribution in [0.3, 0.4) is 0 Å². The van der Waals surface area contributed by atoms with Gasteiger partial charge >= 0.3 is 0 Å². The summed E-state index contributed by atoms with van der Waals surface area (Å²) < 4.78 is 5.93. The van der Waals surface area contributed by atoms with Crippen LogP contribution < -0.4 is 0 Å². The minimum absolute atomic E-state index is 0.328. The molecule has 0 radical (unpaired) electrons. The third-order valence-corrected chi connectivity index (χ3v) is 4.66. The minimum Gasteiger partial charge on any atom is -0.508 e. The summed E-state index contributed by atoms with van der Waals surface area (Å²) in [6.45, 7) is 6.03. The zero-order valence-corrected chi connectivity index (χ0v) is 13.7. The summed E-state index contributed by atoms with van der Waals surface area (Å²) in [5.74, 6) is 1.37. The fourth-order valence-corrected chi connectivity index (χ4v) is 3.30. The number of hydrogen-bond donors (Lipinski definition) is 1. The molecule has 2 aromatic carbocycles. The van der Waals surface area contributed by atoms with Crippen LogP contribution in [0.2, 0.25) is 0 Å². The number of aromatic hydroxyl groups is 1. The predicted octanol–water partition coefficient (Wildman–Crippen LogP) is 3.46. The smallest absolute Gasteiger partial charge is 0.134 e. The maximum Gasteiger partial charge on any atom is 0.134 e. The number of nitrogens with zero attached hydrogens (tertiary/aromatic N) is 2. The van der Waals surface area contributed by atoms with Crippen molar-refractivity contribution in [1.29, 1.82) is 0 Å². The van der Waals surface area contributed by atoms with Crippen LogP contribution in [0, 0.1) is 0 Å². The Morgan fingerprint density at radius 3 is 2.21 bits per heavy atom. The maximum absolute atomic E-state index is 9.36. The molecule has 4 nitrogen and oxygen atoms in total. The average Bonchev–Trinajstić information content (AvgIpc) is 3.01. The second kappa shape index (κ2) is 6.67. The van der Waals surface area contributed by atoms with E-state index in [4.69, 9.17) is 4.42 Å². The van der Waals surface area contributed by atoms with Crippen molar-refractivity contribution in [3.8, 4) is 5.75 Å². The Bertz CT molecular complexity index is 769. The highest BCUT2D eigenvalue weighted by molar-refractivity contribution is 5.77. The number of hydrogen-bond acceptors (Lipinski definition) is 4. The third kappa shape index (κ3) is 3.45. The quantitative estimate of drug-likeness (QED) is 0.798. The second-order valence-electron chi connectivity index (χ2n) is 6.47. The lowest BCUT2D eigenvalue weighted by atomic mass is 10.2. The summed E-state index contributed by atoms with van der Waals surface area (Å²) in [6.07, 6.45) is 0. The predicted molar refractivity (Wildman–Crippen MR) is 94.9 cm³/mol. The van der Waals surface area contributed by atoms with Gasteiger partial charge < -0.3 is 9.52 Å². The fraction of sp³-hybridized carbons (Fsp3) is 0.300. The summed E-state index contributed by atoms with van der Waals surface area (Å²) >= 11 is 0. The molecule has 2 heterocycles. The van der Waals surface area contributed by atoms with E-state index in [0.29, 0.717) is 5.75 Å². The first-order valence-corrected chi connectivity index (χ1v) is 8.46. The van der Waals surface area contributed by atoms with Gasteiger partial charge in [0.25, 0.3) is 0 Å². The molecular weight excluding hydrogens is 300 g/mol. The minimum atomic E-state index is 0.328. The highest BCUT2D eigenvalue weighted by Crippen LogP contribution is 2.21. The van der Waals surface area contributed by atoms with E-state index in [0.717, 1.165) is 50.6 Å². The molecule has 4 heteroatoms.